The van der Waals surface area contributed by atoms with Crippen LogP contribution in [0.2, 0.25) is 0 Å². The number of fused-ring (bicyclic) bond motifs is 1. The van der Waals surface area contributed by atoms with Gasteiger partial charge in [0, 0.05) is 7.05 Å². The Labute approximate surface area is 85.6 Å². The van der Waals surface area contributed by atoms with Crippen molar-refractivity contribution in [1.82, 2.24) is 4.31 Å². The first kappa shape index (κ1) is 9.91. The minimum absolute atomic E-state index is 0.0968. The minimum atomic E-state index is -3.91. The van der Waals surface area contributed by atoms with Crippen LogP contribution in [0.25, 0.3) is 0 Å². The van der Waals surface area contributed by atoms with Crippen molar-refractivity contribution in [3.05, 3.63) is 24.0 Å². The molecule has 0 saturated heterocycles. The molecule has 1 aliphatic rings. The third-order valence-electron chi connectivity index (χ3n) is 2.11. The summed E-state index contributed by atoms with van der Waals surface area (Å²) in [5.74, 6) is -0.665. The summed E-state index contributed by atoms with van der Waals surface area (Å²) in [6.45, 7) is 0. The molecule has 1 aromatic carbocycles. The molecule has 15 heavy (non-hydrogen) atoms. The normalized spacial score (nSPS) is 18.3. The molecule has 0 radical (unpaired) electrons. The second-order valence-electron chi connectivity index (χ2n) is 3.04. The smallest absolute Gasteiger partial charge is 0.306 e. The summed E-state index contributed by atoms with van der Waals surface area (Å²) in [4.78, 5) is 11.0. The number of hydrogen-bond donors (Lipinski definition) is 1. The molecular weight excluding hydrogens is 223 g/mol. The Morgan fingerprint density at radius 2 is 2.07 bits per heavy atom. The van der Waals surface area contributed by atoms with Gasteiger partial charge in [-0.2, -0.15) is 0 Å². The Morgan fingerprint density at radius 3 is 2.73 bits per heavy atom. The van der Waals surface area contributed by atoms with Crippen LogP contribution in [-0.2, 0) is 10.0 Å². The zero-order valence-corrected chi connectivity index (χ0v) is 8.51. The number of hydrogen-bond acceptors (Lipinski definition) is 3. The summed E-state index contributed by atoms with van der Waals surface area (Å²) >= 11 is 0. The number of nitrogens with zero attached hydrogens (tertiary/aromatic N) is 1. The Morgan fingerprint density at radius 1 is 1.40 bits per heavy atom. The summed E-state index contributed by atoms with van der Waals surface area (Å²) in [5, 5.41) is 2.33. The topological polar surface area (TPSA) is 66.5 Å². The fraction of sp³-hybridized carbons (Fsp3) is 0.125. The number of nitrogens with one attached hydrogen (secondary N) is 1. The predicted molar refractivity (Wildman–Crippen MR) is 50.4 cm³/mol. The first-order chi connectivity index (χ1) is 6.93. The SMILES string of the molecule is CN1C(=O)Nc2ccc(F)cc2S1(=O)=O. The average molecular weight is 230 g/mol. The third kappa shape index (κ3) is 1.35. The molecule has 0 bridgehead atoms. The Balaban J connectivity index is 2.73. The number of halogens is 1. The van der Waals surface area contributed by atoms with E-state index >= 15 is 0 Å². The lowest BCUT2D eigenvalue weighted by Gasteiger charge is -2.25. The minimum Gasteiger partial charge on any atom is -0.306 e. The van der Waals surface area contributed by atoms with Crippen molar-refractivity contribution in [3.8, 4) is 0 Å². The lowest BCUT2D eigenvalue weighted by Crippen LogP contribution is -2.41. The number of benzene rings is 1. The van der Waals surface area contributed by atoms with Crippen LogP contribution in [0.1, 0.15) is 0 Å². The molecule has 0 aliphatic carbocycles. The van der Waals surface area contributed by atoms with E-state index in [0.29, 0.717) is 4.31 Å². The van der Waals surface area contributed by atoms with Crippen molar-refractivity contribution in [2.45, 2.75) is 4.90 Å². The molecule has 0 atom stereocenters. The van der Waals surface area contributed by atoms with E-state index in [2.05, 4.69) is 5.32 Å². The predicted octanol–water partition coefficient (Wildman–Crippen LogP) is 0.992. The summed E-state index contributed by atoms with van der Waals surface area (Å²) in [7, 11) is -2.80. The standard InChI is InChI=1S/C8H7FN2O3S/c1-11-8(12)10-6-3-2-5(9)4-7(6)15(11,13)14/h2-4H,1H3,(H,10,12). The second-order valence-corrected chi connectivity index (χ2v) is 4.98. The van der Waals surface area contributed by atoms with Crippen molar-refractivity contribution < 1.29 is 17.6 Å². The largest absolute Gasteiger partial charge is 0.335 e. The van der Waals surface area contributed by atoms with Gasteiger partial charge in [0.1, 0.15) is 10.7 Å². The van der Waals surface area contributed by atoms with Crippen LogP contribution in [0, 0.1) is 5.82 Å². The highest BCUT2D eigenvalue weighted by atomic mass is 32.2. The molecule has 1 aliphatic heterocycles. The van der Waals surface area contributed by atoms with Gasteiger partial charge in [0.15, 0.2) is 0 Å². The monoisotopic (exact) mass is 230 g/mol. The van der Waals surface area contributed by atoms with Gasteiger partial charge in [0.25, 0.3) is 10.0 Å². The Kier molecular flexibility index (Phi) is 1.93. The van der Waals surface area contributed by atoms with Crippen molar-refractivity contribution in [3.63, 3.8) is 0 Å². The summed E-state index contributed by atoms with van der Waals surface area (Å²) in [6, 6.07) is 2.42. The molecular formula is C8H7FN2O3S. The summed E-state index contributed by atoms with van der Waals surface area (Å²) < 4.78 is 36.7. The van der Waals surface area contributed by atoms with Gasteiger partial charge >= 0.3 is 6.03 Å². The summed E-state index contributed by atoms with van der Waals surface area (Å²) in [5.41, 5.74) is 0.0968. The van der Waals surface area contributed by atoms with Crippen molar-refractivity contribution in [2.75, 3.05) is 12.4 Å². The third-order valence-corrected chi connectivity index (χ3v) is 3.89. The number of anilines is 1. The number of sulfonamides is 1. The highest BCUT2D eigenvalue weighted by molar-refractivity contribution is 7.90. The van der Waals surface area contributed by atoms with E-state index < -0.39 is 21.9 Å². The fourth-order valence-corrected chi connectivity index (χ4v) is 2.48. The molecule has 1 N–H and O–H groups in total. The van der Waals surface area contributed by atoms with E-state index in [0.717, 1.165) is 19.2 Å². The Hall–Kier alpha value is -1.63. The van der Waals surface area contributed by atoms with Gasteiger partial charge < -0.3 is 5.32 Å². The van der Waals surface area contributed by atoms with Crippen LogP contribution in [0.4, 0.5) is 14.9 Å². The van der Waals surface area contributed by atoms with Gasteiger partial charge in [-0.3, -0.25) is 0 Å². The molecule has 0 aromatic heterocycles. The zero-order chi connectivity index (χ0) is 11.2. The van der Waals surface area contributed by atoms with Gasteiger partial charge in [-0.1, -0.05) is 0 Å². The van der Waals surface area contributed by atoms with Gasteiger partial charge in [-0.05, 0) is 18.2 Å². The van der Waals surface area contributed by atoms with Crippen LogP contribution < -0.4 is 5.32 Å². The van der Waals surface area contributed by atoms with Crippen molar-refractivity contribution in [1.29, 1.82) is 0 Å². The number of amides is 2. The highest BCUT2D eigenvalue weighted by Crippen LogP contribution is 2.29. The van der Waals surface area contributed by atoms with Gasteiger partial charge in [0.2, 0.25) is 0 Å². The van der Waals surface area contributed by atoms with Crippen LogP contribution in [-0.4, -0.2) is 25.8 Å². The fourth-order valence-electron chi connectivity index (χ4n) is 1.26. The van der Waals surface area contributed by atoms with E-state index in [9.17, 15) is 17.6 Å². The molecule has 0 spiro atoms. The number of urea groups is 1. The van der Waals surface area contributed by atoms with Crippen LogP contribution in [0.15, 0.2) is 23.1 Å². The number of rotatable bonds is 0. The highest BCUT2D eigenvalue weighted by Gasteiger charge is 2.33. The Bertz CT molecular complexity index is 541. The number of carbonyl (C=O) groups is 1. The van der Waals surface area contributed by atoms with Crippen LogP contribution in [0.5, 0.6) is 0 Å². The average Bonchev–Trinajstić information content (AvgIpc) is 2.17. The maximum Gasteiger partial charge on any atom is 0.335 e. The molecule has 0 saturated carbocycles. The van der Waals surface area contributed by atoms with Gasteiger partial charge in [-0.15, -0.1) is 0 Å². The number of carbonyl (C=O) groups excluding carboxylic acids is 1. The van der Waals surface area contributed by atoms with Gasteiger partial charge in [-0.25, -0.2) is 21.9 Å². The molecule has 5 nitrogen and oxygen atoms in total. The van der Waals surface area contributed by atoms with E-state index in [-0.39, 0.29) is 10.6 Å². The first-order valence-electron chi connectivity index (χ1n) is 4.02. The molecule has 1 heterocycles. The maximum absolute atomic E-state index is 12.9. The van der Waals surface area contributed by atoms with Crippen LogP contribution in [0.3, 0.4) is 0 Å². The van der Waals surface area contributed by atoms with Crippen molar-refractivity contribution >= 4 is 21.7 Å². The lowest BCUT2D eigenvalue weighted by molar-refractivity contribution is 0.240. The molecule has 0 fully saturated rings. The second kappa shape index (κ2) is 2.93. The summed E-state index contributed by atoms with van der Waals surface area (Å²) in [6.07, 6.45) is 0. The maximum atomic E-state index is 12.9. The quantitative estimate of drug-likeness (QED) is 0.722. The van der Waals surface area contributed by atoms with Crippen LogP contribution >= 0.6 is 0 Å². The molecule has 2 rings (SSSR count). The van der Waals surface area contributed by atoms with Gasteiger partial charge in [0.05, 0.1) is 5.69 Å². The van der Waals surface area contributed by atoms with E-state index in [4.69, 9.17) is 0 Å². The lowest BCUT2D eigenvalue weighted by atomic mass is 10.3. The molecule has 7 heteroatoms. The molecule has 1 aromatic rings. The zero-order valence-electron chi connectivity index (χ0n) is 7.69. The first-order valence-corrected chi connectivity index (χ1v) is 5.46. The van der Waals surface area contributed by atoms with E-state index in [1.54, 1.807) is 0 Å². The molecule has 2 amide bonds. The van der Waals surface area contributed by atoms with E-state index in [1.165, 1.54) is 6.07 Å². The molecule has 0 unspecified atom stereocenters. The van der Waals surface area contributed by atoms with E-state index in [1.807, 2.05) is 0 Å². The molecule has 80 valence electrons. The van der Waals surface area contributed by atoms with Crippen molar-refractivity contribution in [2.24, 2.45) is 0 Å².